The lowest BCUT2D eigenvalue weighted by molar-refractivity contribution is -0.543. The third kappa shape index (κ3) is 9.63. The molecule has 0 aromatic carbocycles. The van der Waals surface area contributed by atoms with E-state index in [9.17, 15) is 70.2 Å². The first kappa shape index (κ1) is 35.5. The molecule has 0 fully saturated rings. The number of allylic oxidation sites excluding steroid dienone is 1. The van der Waals surface area contributed by atoms with Crippen LogP contribution in [0.5, 0.6) is 0 Å². The predicted molar refractivity (Wildman–Crippen MR) is 91.5 cm³/mol. The summed E-state index contributed by atoms with van der Waals surface area (Å²) >= 11 is 0. The molecule has 37 heavy (non-hydrogen) atoms. The summed E-state index contributed by atoms with van der Waals surface area (Å²) in [6.45, 7) is -0.161. The first-order valence-corrected chi connectivity index (χ1v) is 9.93. The molecule has 0 heterocycles. The molecular formula is C18H20F16O3. The van der Waals surface area contributed by atoms with E-state index >= 15 is 0 Å². The van der Waals surface area contributed by atoms with E-state index in [1.54, 1.807) is 6.08 Å². The second-order valence-corrected chi connectivity index (χ2v) is 7.43. The molecule has 1 atom stereocenters. The van der Waals surface area contributed by atoms with Gasteiger partial charge in [0.05, 0.1) is 6.61 Å². The van der Waals surface area contributed by atoms with E-state index in [4.69, 9.17) is 0 Å². The Balaban J connectivity index is 5.12. The molecule has 0 rings (SSSR count). The Hall–Kier alpha value is -1.50. The highest BCUT2D eigenvalue weighted by atomic mass is 19.4. The predicted octanol–water partition coefficient (Wildman–Crippen LogP) is 8.11. The summed E-state index contributed by atoms with van der Waals surface area (Å²) in [5.41, 5.74) is 0. The van der Waals surface area contributed by atoms with Crippen LogP contribution in [-0.2, 0) is 14.2 Å². The largest absolute Gasteiger partial charge is 0.460 e. The molecule has 19 heteroatoms. The van der Waals surface area contributed by atoms with Crippen LogP contribution in [0.2, 0.25) is 0 Å². The lowest BCUT2D eigenvalue weighted by Gasteiger charge is -2.36. The van der Waals surface area contributed by atoms with Crippen molar-refractivity contribution < 1.29 is 84.5 Å². The zero-order valence-electron chi connectivity index (χ0n) is 18.3. The molecule has 222 valence electrons. The number of unbranched alkanes of at least 4 members (excludes halogenated alkanes) is 4. The van der Waals surface area contributed by atoms with Crippen molar-refractivity contribution in [1.29, 1.82) is 0 Å². The average molecular weight is 588 g/mol. The molecule has 0 aromatic heterocycles. The highest BCUT2D eigenvalue weighted by Crippen LogP contribution is 2.55. The Kier molecular flexibility index (Phi) is 12.1. The van der Waals surface area contributed by atoms with Gasteiger partial charge < -0.3 is 4.74 Å². The molecule has 0 unspecified atom stereocenters. The molecule has 0 aliphatic rings. The highest BCUT2D eigenvalue weighted by Gasteiger charge is 2.85. The van der Waals surface area contributed by atoms with Crippen LogP contribution in [0.4, 0.5) is 70.2 Å². The van der Waals surface area contributed by atoms with E-state index in [0.29, 0.717) is 19.3 Å². The summed E-state index contributed by atoms with van der Waals surface area (Å²) in [7, 11) is 0. The Morgan fingerprint density at radius 1 is 0.622 bits per heavy atom. The SMILES string of the molecule is C=CCCCCCC[C@H](F)COCC(F)(F)OC(F)(F)C(F)(F)OC(F)(F)C(F)(F)C(F)(F)C(F)(F)F. The third-order valence-electron chi connectivity index (χ3n) is 4.23. The maximum absolute atomic E-state index is 13.5. The van der Waals surface area contributed by atoms with E-state index in [0.717, 1.165) is 6.42 Å². The average Bonchev–Trinajstić information content (AvgIpc) is 2.67. The van der Waals surface area contributed by atoms with Crippen LogP contribution in [0, 0.1) is 0 Å². The fraction of sp³-hybridized carbons (Fsp3) is 0.889. The molecule has 0 radical (unpaired) electrons. The molecule has 0 saturated heterocycles. The Morgan fingerprint density at radius 3 is 1.59 bits per heavy atom. The fourth-order valence-corrected chi connectivity index (χ4v) is 2.32. The monoisotopic (exact) mass is 588 g/mol. The van der Waals surface area contributed by atoms with Crippen molar-refractivity contribution in [3.05, 3.63) is 12.7 Å². The van der Waals surface area contributed by atoms with Crippen molar-refractivity contribution in [3.8, 4) is 0 Å². The van der Waals surface area contributed by atoms with Gasteiger partial charge in [-0.2, -0.15) is 65.9 Å². The topological polar surface area (TPSA) is 27.7 Å². The summed E-state index contributed by atoms with van der Waals surface area (Å²) in [4.78, 5) is 0. The third-order valence-corrected chi connectivity index (χ3v) is 4.23. The summed E-state index contributed by atoms with van der Waals surface area (Å²) in [6, 6.07) is 0. The molecule has 0 saturated carbocycles. The summed E-state index contributed by atoms with van der Waals surface area (Å²) in [5, 5.41) is 0. The van der Waals surface area contributed by atoms with Crippen LogP contribution < -0.4 is 0 Å². The van der Waals surface area contributed by atoms with Crippen LogP contribution >= 0.6 is 0 Å². The van der Waals surface area contributed by atoms with Crippen molar-refractivity contribution in [2.24, 2.45) is 0 Å². The minimum Gasteiger partial charge on any atom is -0.369 e. The van der Waals surface area contributed by atoms with Crippen molar-refractivity contribution in [2.75, 3.05) is 13.2 Å². The number of hydrogen-bond acceptors (Lipinski definition) is 3. The van der Waals surface area contributed by atoms with Crippen LogP contribution in [0.15, 0.2) is 12.7 Å². The number of halogens is 16. The molecule has 0 bridgehead atoms. The second kappa shape index (κ2) is 12.6. The van der Waals surface area contributed by atoms with Crippen LogP contribution in [-0.4, -0.2) is 61.8 Å². The van der Waals surface area contributed by atoms with Crippen LogP contribution in [0.3, 0.4) is 0 Å². The van der Waals surface area contributed by atoms with Crippen molar-refractivity contribution in [3.63, 3.8) is 0 Å². The van der Waals surface area contributed by atoms with Gasteiger partial charge in [-0.05, 0) is 19.3 Å². The fourth-order valence-electron chi connectivity index (χ4n) is 2.32. The van der Waals surface area contributed by atoms with E-state index in [1.807, 2.05) is 0 Å². The minimum absolute atomic E-state index is 0.239. The molecule has 0 aliphatic carbocycles. The molecule has 0 aliphatic heterocycles. The number of hydrogen-bond donors (Lipinski definition) is 0. The quantitative estimate of drug-likeness (QED) is 0.0921. The Labute approximate surface area is 198 Å². The first-order chi connectivity index (χ1) is 16.4. The Morgan fingerprint density at radius 2 is 1.11 bits per heavy atom. The molecule has 0 aromatic rings. The minimum atomic E-state index is -7.93. The van der Waals surface area contributed by atoms with Crippen molar-refractivity contribution in [1.82, 2.24) is 0 Å². The van der Waals surface area contributed by atoms with Crippen LogP contribution in [0.1, 0.15) is 38.5 Å². The summed E-state index contributed by atoms with van der Waals surface area (Å²) in [5.74, 6) is -15.7. The first-order valence-electron chi connectivity index (χ1n) is 9.93. The Bertz CT molecular complexity index is 708. The molecule has 0 amide bonds. The van der Waals surface area contributed by atoms with Gasteiger partial charge in [0.25, 0.3) is 0 Å². The maximum Gasteiger partial charge on any atom is 0.460 e. The highest BCUT2D eigenvalue weighted by molar-refractivity contribution is 4.97. The summed E-state index contributed by atoms with van der Waals surface area (Å²) < 4.78 is 214. The van der Waals surface area contributed by atoms with E-state index in [1.165, 1.54) is 4.74 Å². The zero-order chi connectivity index (χ0) is 29.6. The van der Waals surface area contributed by atoms with Gasteiger partial charge in [-0.1, -0.05) is 25.3 Å². The zero-order valence-corrected chi connectivity index (χ0v) is 18.3. The van der Waals surface area contributed by atoms with Crippen molar-refractivity contribution >= 4 is 0 Å². The number of alkyl halides is 16. The van der Waals surface area contributed by atoms with Gasteiger partial charge in [-0.3, -0.25) is 0 Å². The molecule has 0 spiro atoms. The van der Waals surface area contributed by atoms with Gasteiger partial charge in [-0.25, -0.2) is 13.9 Å². The van der Waals surface area contributed by atoms with E-state index < -0.39 is 61.8 Å². The van der Waals surface area contributed by atoms with Gasteiger partial charge in [0.15, 0.2) is 0 Å². The normalized spacial score (nSPS) is 15.7. The second-order valence-electron chi connectivity index (χ2n) is 7.43. The number of ether oxygens (including phenoxy) is 3. The standard InChI is InChI=1S/C18H20F16O3/c1-2-3-4-5-6-7-8-11(19)9-35-10-12(20,21)36-17(31,32)18(33,34)37-16(29,30)14(24,25)13(22,23)15(26,27)28/h2,11H,1,3-10H2/t11-/m0/s1. The van der Waals surface area contributed by atoms with E-state index in [-0.39, 0.29) is 12.8 Å². The van der Waals surface area contributed by atoms with Gasteiger partial charge in [0, 0.05) is 0 Å². The molecular weight excluding hydrogens is 568 g/mol. The lowest BCUT2D eigenvalue weighted by atomic mass is 10.1. The van der Waals surface area contributed by atoms with Gasteiger partial charge in [0.2, 0.25) is 0 Å². The smallest absolute Gasteiger partial charge is 0.369 e. The number of rotatable bonds is 18. The van der Waals surface area contributed by atoms with E-state index in [2.05, 4.69) is 16.1 Å². The van der Waals surface area contributed by atoms with Crippen molar-refractivity contribution in [2.45, 2.75) is 87.2 Å². The van der Waals surface area contributed by atoms with Gasteiger partial charge >= 0.3 is 42.5 Å². The summed E-state index contributed by atoms with van der Waals surface area (Å²) in [6.07, 6.45) is -32.9. The lowest BCUT2D eigenvalue weighted by Crippen LogP contribution is -2.64. The van der Waals surface area contributed by atoms with Gasteiger partial charge in [0.1, 0.15) is 12.8 Å². The molecule has 3 nitrogen and oxygen atoms in total. The maximum atomic E-state index is 13.5. The van der Waals surface area contributed by atoms with Gasteiger partial charge in [-0.15, -0.1) is 6.58 Å². The molecule has 0 N–H and O–H groups in total. The van der Waals surface area contributed by atoms with Crippen LogP contribution in [0.25, 0.3) is 0 Å².